The highest BCUT2D eigenvalue weighted by Crippen LogP contribution is 2.28. The van der Waals surface area contributed by atoms with Gasteiger partial charge in [-0.15, -0.1) is 0 Å². The zero-order chi connectivity index (χ0) is 15.3. The maximum atomic E-state index is 6.03. The molecule has 0 saturated heterocycles. The normalized spacial score (nSPS) is 13.5. The zero-order valence-corrected chi connectivity index (χ0v) is 14.0. The molecule has 3 nitrogen and oxygen atoms in total. The number of nitrogens with two attached hydrogens (primary N) is 1. The Hall–Kier alpha value is -1.52. The van der Waals surface area contributed by atoms with E-state index in [0.717, 1.165) is 27.9 Å². The number of halogens is 1. The highest BCUT2D eigenvalue weighted by atomic mass is 79.9. The number of nitrogens with one attached hydrogen (secondary N) is 1. The van der Waals surface area contributed by atoms with Gasteiger partial charge in [0.1, 0.15) is 5.75 Å². The fourth-order valence-electron chi connectivity index (χ4n) is 2.32. The molecule has 0 spiro atoms. The van der Waals surface area contributed by atoms with Gasteiger partial charge in [0.2, 0.25) is 0 Å². The molecule has 4 heteroatoms. The van der Waals surface area contributed by atoms with E-state index in [1.54, 1.807) is 7.11 Å². The molecular weight excluding hydrogens is 328 g/mol. The van der Waals surface area contributed by atoms with Gasteiger partial charge >= 0.3 is 0 Å². The van der Waals surface area contributed by atoms with Gasteiger partial charge in [-0.1, -0.05) is 30.3 Å². The minimum absolute atomic E-state index is 0.251. The van der Waals surface area contributed by atoms with Crippen LogP contribution in [0.2, 0.25) is 0 Å². The lowest BCUT2D eigenvalue weighted by Crippen LogP contribution is -2.44. The second kappa shape index (κ2) is 6.96. The predicted molar refractivity (Wildman–Crippen MR) is 91.9 cm³/mol. The third-order valence-electron chi connectivity index (χ3n) is 3.53. The summed E-state index contributed by atoms with van der Waals surface area (Å²) in [7, 11) is 1.69. The lowest BCUT2D eigenvalue weighted by Gasteiger charge is -2.31. The monoisotopic (exact) mass is 348 g/mol. The van der Waals surface area contributed by atoms with Crippen LogP contribution in [0.25, 0.3) is 0 Å². The standard InChI is InChI=1S/C17H21BrN2O/c1-17(12-19,20-15-9-5-4-8-14(15)18)11-13-7-3-6-10-16(13)21-2/h3-10,20H,11-12,19H2,1-2H3. The van der Waals surface area contributed by atoms with E-state index in [2.05, 4.69) is 34.2 Å². The molecule has 0 saturated carbocycles. The minimum atomic E-state index is -0.251. The van der Waals surface area contributed by atoms with Gasteiger partial charge in [0.15, 0.2) is 0 Å². The maximum absolute atomic E-state index is 6.03. The molecule has 0 bridgehead atoms. The van der Waals surface area contributed by atoms with Crippen molar-refractivity contribution in [3.8, 4) is 5.75 Å². The highest BCUT2D eigenvalue weighted by Gasteiger charge is 2.25. The van der Waals surface area contributed by atoms with Crippen molar-refractivity contribution < 1.29 is 4.74 Å². The summed E-state index contributed by atoms with van der Waals surface area (Å²) in [4.78, 5) is 0. The molecule has 2 aromatic carbocycles. The van der Waals surface area contributed by atoms with E-state index >= 15 is 0 Å². The third-order valence-corrected chi connectivity index (χ3v) is 4.23. The Morgan fingerprint density at radius 1 is 1.14 bits per heavy atom. The number of benzene rings is 2. The van der Waals surface area contributed by atoms with E-state index in [4.69, 9.17) is 10.5 Å². The Kier molecular flexibility index (Phi) is 5.26. The van der Waals surface area contributed by atoms with Gasteiger partial charge < -0.3 is 15.8 Å². The van der Waals surface area contributed by atoms with Crippen LogP contribution < -0.4 is 15.8 Å². The Labute approximate surface area is 134 Å². The summed E-state index contributed by atoms with van der Waals surface area (Å²) in [5.74, 6) is 0.895. The summed E-state index contributed by atoms with van der Waals surface area (Å²) < 4.78 is 6.46. The molecule has 0 aromatic heterocycles. The largest absolute Gasteiger partial charge is 0.496 e. The minimum Gasteiger partial charge on any atom is -0.496 e. The van der Waals surface area contributed by atoms with E-state index in [1.807, 2.05) is 42.5 Å². The number of rotatable bonds is 6. The number of hydrogen-bond acceptors (Lipinski definition) is 3. The highest BCUT2D eigenvalue weighted by molar-refractivity contribution is 9.10. The van der Waals surface area contributed by atoms with E-state index in [9.17, 15) is 0 Å². The lowest BCUT2D eigenvalue weighted by molar-refractivity contribution is 0.403. The number of methoxy groups -OCH3 is 1. The summed E-state index contributed by atoms with van der Waals surface area (Å²) in [6.45, 7) is 2.64. The number of para-hydroxylation sites is 2. The molecule has 0 aliphatic heterocycles. The molecule has 0 fully saturated rings. The van der Waals surface area contributed by atoms with Crippen molar-refractivity contribution >= 4 is 21.6 Å². The molecule has 21 heavy (non-hydrogen) atoms. The number of anilines is 1. The van der Waals surface area contributed by atoms with Crippen molar-refractivity contribution in [2.75, 3.05) is 19.0 Å². The molecule has 3 N–H and O–H groups in total. The fraction of sp³-hybridized carbons (Fsp3) is 0.294. The van der Waals surface area contributed by atoms with Crippen molar-refractivity contribution in [1.82, 2.24) is 0 Å². The van der Waals surface area contributed by atoms with Crippen LogP contribution in [0.4, 0.5) is 5.69 Å². The Morgan fingerprint density at radius 3 is 2.48 bits per heavy atom. The molecule has 1 unspecified atom stereocenters. The quantitative estimate of drug-likeness (QED) is 0.833. The summed E-state index contributed by atoms with van der Waals surface area (Å²) in [6.07, 6.45) is 0.787. The van der Waals surface area contributed by atoms with Crippen LogP contribution in [0.5, 0.6) is 5.75 Å². The van der Waals surface area contributed by atoms with Crippen LogP contribution in [-0.4, -0.2) is 19.2 Å². The Bertz CT molecular complexity index is 603. The van der Waals surface area contributed by atoms with Crippen molar-refractivity contribution in [2.24, 2.45) is 5.73 Å². The molecule has 0 aliphatic rings. The van der Waals surface area contributed by atoms with Crippen LogP contribution in [0, 0.1) is 0 Å². The van der Waals surface area contributed by atoms with Gasteiger partial charge in [-0.05, 0) is 53.0 Å². The van der Waals surface area contributed by atoms with E-state index in [-0.39, 0.29) is 5.54 Å². The van der Waals surface area contributed by atoms with Crippen LogP contribution >= 0.6 is 15.9 Å². The number of ether oxygens (including phenoxy) is 1. The molecule has 1 atom stereocenters. The predicted octanol–water partition coefficient (Wildman–Crippen LogP) is 3.83. The average Bonchev–Trinajstić information content (AvgIpc) is 2.50. The van der Waals surface area contributed by atoms with Gasteiger partial charge in [-0.25, -0.2) is 0 Å². The van der Waals surface area contributed by atoms with Gasteiger partial charge in [0, 0.05) is 16.7 Å². The first-order valence-corrected chi connectivity index (χ1v) is 7.72. The Balaban J connectivity index is 2.23. The second-order valence-corrected chi connectivity index (χ2v) is 6.21. The zero-order valence-electron chi connectivity index (χ0n) is 12.4. The summed E-state index contributed by atoms with van der Waals surface area (Å²) in [6, 6.07) is 16.1. The third kappa shape index (κ3) is 3.99. The van der Waals surface area contributed by atoms with Crippen molar-refractivity contribution in [3.05, 3.63) is 58.6 Å². The second-order valence-electron chi connectivity index (χ2n) is 5.36. The summed E-state index contributed by atoms with van der Waals surface area (Å²) in [5.41, 5.74) is 7.96. The van der Waals surface area contributed by atoms with E-state index in [1.165, 1.54) is 0 Å². The van der Waals surface area contributed by atoms with E-state index < -0.39 is 0 Å². The summed E-state index contributed by atoms with van der Waals surface area (Å²) in [5, 5.41) is 3.55. The van der Waals surface area contributed by atoms with Gasteiger partial charge in [-0.2, -0.15) is 0 Å². The van der Waals surface area contributed by atoms with Crippen molar-refractivity contribution in [2.45, 2.75) is 18.9 Å². The van der Waals surface area contributed by atoms with Gasteiger partial charge in [0.25, 0.3) is 0 Å². The molecular formula is C17H21BrN2O. The molecule has 2 rings (SSSR count). The average molecular weight is 349 g/mol. The molecule has 0 aliphatic carbocycles. The lowest BCUT2D eigenvalue weighted by atomic mass is 9.92. The van der Waals surface area contributed by atoms with Crippen molar-refractivity contribution in [3.63, 3.8) is 0 Å². The smallest absolute Gasteiger partial charge is 0.122 e. The van der Waals surface area contributed by atoms with Crippen molar-refractivity contribution in [1.29, 1.82) is 0 Å². The topological polar surface area (TPSA) is 47.3 Å². The fourth-order valence-corrected chi connectivity index (χ4v) is 2.71. The molecule has 0 radical (unpaired) electrons. The Morgan fingerprint density at radius 2 is 1.81 bits per heavy atom. The molecule has 0 amide bonds. The van der Waals surface area contributed by atoms with Crippen LogP contribution in [0.15, 0.2) is 53.0 Å². The first-order chi connectivity index (χ1) is 10.1. The first kappa shape index (κ1) is 15.9. The van der Waals surface area contributed by atoms with Gasteiger partial charge in [-0.3, -0.25) is 0 Å². The molecule has 0 heterocycles. The van der Waals surface area contributed by atoms with Crippen LogP contribution in [0.3, 0.4) is 0 Å². The molecule has 112 valence electrons. The van der Waals surface area contributed by atoms with Crippen LogP contribution in [-0.2, 0) is 6.42 Å². The SMILES string of the molecule is COc1ccccc1CC(C)(CN)Nc1ccccc1Br. The van der Waals surface area contributed by atoms with Gasteiger partial charge in [0.05, 0.1) is 12.6 Å². The maximum Gasteiger partial charge on any atom is 0.122 e. The number of hydrogen-bond donors (Lipinski definition) is 2. The molecule has 2 aromatic rings. The van der Waals surface area contributed by atoms with E-state index in [0.29, 0.717) is 6.54 Å². The first-order valence-electron chi connectivity index (χ1n) is 6.92. The summed E-state index contributed by atoms with van der Waals surface area (Å²) >= 11 is 3.56. The van der Waals surface area contributed by atoms with Crippen LogP contribution in [0.1, 0.15) is 12.5 Å².